The number of nitrogens with zero attached hydrogens (tertiary/aromatic N) is 2. The molecule has 3 N–H and O–H groups in total. The molecule has 0 radical (unpaired) electrons. The van der Waals surface area contributed by atoms with Gasteiger partial charge in [0.05, 0.1) is 17.1 Å². The molecule has 21 heavy (non-hydrogen) atoms. The monoisotopic (exact) mass is 286 g/mol. The Morgan fingerprint density at radius 3 is 2.57 bits per heavy atom. The van der Waals surface area contributed by atoms with E-state index in [1.165, 1.54) is 12.1 Å². The molecule has 1 heterocycles. The largest absolute Gasteiger partial charge is 0.271 e. The number of nitrogens with one attached hydrogen (secondary N) is 1. The summed E-state index contributed by atoms with van der Waals surface area (Å²) in [4.78, 5) is 8.47. The van der Waals surface area contributed by atoms with E-state index in [-0.39, 0.29) is 5.56 Å². The average Bonchev–Trinajstić information content (AvgIpc) is 2.50. The van der Waals surface area contributed by atoms with Gasteiger partial charge >= 0.3 is 0 Å². The number of hydrogen-bond donors (Lipinski definition) is 2. The van der Waals surface area contributed by atoms with Crippen molar-refractivity contribution in [3.63, 3.8) is 0 Å². The van der Waals surface area contributed by atoms with Crippen LogP contribution >= 0.6 is 0 Å². The van der Waals surface area contributed by atoms with E-state index in [9.17, 15) is 8.78 Å². The van der Waals surface area contributed by atoms with Gasteiger partial charge in [-0.1, -0.05) is 18.2 Å². The van der Waals surface area contributed by atoms with Crippen LogP contribution in [0.4, 0.5) is 8.78 Å². The van der Waals surface area contributed by atoms with Crippen LogP contribution < -0.4 is 11.3 Å². The van der Waals surface area contributed by atoms with Gasteiger partial charge in [0.1, 0.15) is 11.6 Å². The second-order valence-electron chi connectivity index (χ2n) is 4.54. The molecule has 0 bridgehead atoms. The number of para-hydroxylation sites is 1. The predicted octanol–water partition coefficient (Wildman–Crippen LogP) is 2.46. The molecular weight excluding hydrogens is 274 g/mol. The van der Waals surface area contributed by atoms with Crippen molar-refractivity contribution in [1.29, 1.82) is 0 Å². The van der Waals surface area contributed by atoms with Crippen LogP contribution in [0, 0.1) is 11.6 Å². The van der Waals surface area contributed by atoms with Gasteiger partial charge < -0.3 is 0 Å². The lowest BCUT2D eigenvalue weighted by Crippen LogP contribution is -2.29. The second kappa shape index (κ2) is 5.51. The molecular formula is C15H12F2N4. The zero-order valence-electron chi connectivity index (χ0n) is 10.9. The first-order valence-electron chi connectivity index (χ1n) is 6.31. The molecule has 1 aromatic heterocycles. The molecule has 0 spiro atoms. The van der Waals surface area contributed by atoms with Gasteiger partial charge in [0, 0.05) is 29.6 Å². The molecule has 0 aliphatic carbocycles. The lowest BCUT2D eigenvalue weighted by atomic mass is 9.97. The Kier molecular flexibility index (Phi) is 3.55. The van der Waals surface area contributed by atoms with Crippen molar-refractivity contribution in [3.8, 4) is 0 Å². The van der Waals surface area contributed by atoms with Crippen LogP contribution in [0.25, 0.3) is 11.0 Å². The van der Waals surface area contributed by atoms with Crippen molar-refractivity contribution in [2.75, 3.05) is 0 Å². The SMILES string of the molecule is NNC(c1ccc(F)cc1F)c1cccc2nccnc12. The van der Waals surface area contributed by atoms with Crippen molar-refractivity contribution >= 4 is 11.0 Å². The van der Waals surface area contributed by atoms with Gasteiger partial charge in [-0.3, -0.25) is 15.8 Å². The Labute approximate surface area is 119 Å². The predicted molar refractivity (Wildman–Crippen MR) is 75.1 cm³/mol. The minimum atomic E-state index is -0.668. The summed E-state index contributed by atoms with van der Waals surface area (Å²) in [5.74, 6) is 4.27. The standard InChI is InChI=1S/C15H12F2N4/c16-9-4-5-10(12(17)8-9)14(21-18)11-2-1-3-13-15(11)20-7-6-19-13/h1-8,14,21H,18H2. The maximum Gasteiger partial charge on any atom is 0.131 e. The Balaban J connectivity index is 2.18. The van der Waals surface area contributed by atoms with Gasteiger partial charge in [-0.15, -0.1) is 0 Å². The third kappa shape index (κ3) is 2.46. The van der Waals surface area contributed by atoms with Crippen LogP contribution in [0.5, 0.6) is 0 Å². The molecule has 3 rings (SSSR count). The van der Waals surface area contributed by atoms with Crippen LogP contribution in [-0.4, -0.2) is 9.97 Å². The Morgan fingerprint density at radius 2 is 1.81 bits per heavy atom. The smallest absolute Gasteiger partial charge is 0.131 e. The highest BCUT2D eigenvalue weighted by Gasteiger charge is 2.20. The molecule has 1 atom stereocenters. The van der Waals surface area contributed by atoms with E-state index in [1.807, 2.05) is 0 Å². The number of aromatic nitrogens is 2. The van der Waals surface area contributed by atoms with Gasteiger partial charge in [0.15, 0.2) is 0 Å². The van der Waals surface area contributed by atoms with Crippen LogP contribution in [0.2, 0.25) is 0 Å². The fourth-order valence-corrected chi connectivity index (χ4v) is 2.33. The fourth-order valence-electron chi connectivity index (χ4n) is 2.33. The molecule has 4 nitrogen and oxygen atoms in total. The van der Waals surface area contributed by atoms with E-state index in [4.69, 9.17) is 5.84 Å². The first-order valence-corrected chi connectivity index (χ1v) is 6.31. The zero-order chi connectivity index (χ0) is 14.8. The van der Waals surface area contributed by atoms with E-state index in [0.717, 1.165) is 6.07 Å². The van der Waals surface area contributed by atoms with Crippen molar-refractivity contribution in [3.05, 3.63) is 71.6 Å². The van der Waals surface area contributed by atoms with E-state index in [1.54, 1.807) is 30.6 Å². The highest BCUT2D eigenvalue weighted by Crippen LogP contribution is 2.28. The van der Waals surface area contributed by atoms with Crippen LogP contribution in [-0.2, 0) is 0 Å². The van der Waals surface area contributed by atoms with Gasteiger partial charge in [0.25, 0.3) is 0 Å². The van der Waals surface area contributed by atoms with Gasteiger partial charge in [0.2, 0.25) is 0 Å². The van der Waals surface area contributed by atoms with E-state index in [0.29, 0.717) is 16.6 Å². The summed E-state index contributed by atoms with van der Waals surface area (Å²) in [7, 11) is 0. The quantitative estimate of drug-likeness (QED) is 0.573. The molecule has 0 aliphatic heterocycles. The molecule has 1 unspecified atom stereocenters. The van der Waals surface area contributed by atoms with Gasteiger partial charge in [-0.25, -0.2) is 14.2 Å². The minimum absolute atomic E-state index is 0.247. The molecule has 0 aliphatic rings. The number of hydrazine groups is 1. The summed E-state index contributed by atoms with van der Waals surface area (Å²) >= 11 is 0. The molecule has 2 aromatic carbocycles. The summed E-state index contributed by atoms with van der Waals surface area (Å²) in [5.41, 5.74) is 4.77. The molecule has 0 saturated carbocycles. The Morgan fingerprint density at radius 1 is 1.00 bits per heavy atom. The maximum absolute atomic E-state index is 14.0. The van der Waals surface area contributed by atoms with E-state index >= 15 is 0 Å². The number of halogens is 2. The molecule has 0 amide bonds. The average molecular weight is 286 g/mol. The first kappa shape index (κ1) is 13.5. The summed E-state index contributed by atoms with van der Waals surface area (Å²) < 4.78 is 27.1. The molecule has 0 saturated heterocycles. The van der Waals surface area contributed by atoms with Crippen molar-refractivity contribution in [2.24, 2.45) is 5.84 Å². The topological polar surface area (TPSA) is 63.8 Å². The second-order valence-corrected chi connectivity index (χ2v) is 4.54. The van der Waals surface area contributed by atoms with Crippen LogP contribution in [0.1, 0.15) is 17.2 Å². The van der Waals surface area contributed by atoms with Crippen molar-refractivity contribution in [2.45, 2.75) is 6.04 Å². The molecule has 3 aromatic rings. The van der Waals surface area contributed by atoms with Crippen LogP contribution in [0.15, 0.2) is 48.8 Å². The lowest BCUT2D eigenvalue weighted by Gasteiger charge is -2.18. The Bertz CT molecular complexity index is 786. The summed E-state index contributed by atoms with van der Waals surface area (Å²) in [6.45, 7) is 0. The van der Waals surface area contributed by atoms with Crippen molar-refractivity contribution in [1.82, 2.24) is 15.4 Å². The number of hydrogen-bond acceptors (Lipinski definition) is 4. The zero-order valence-corrected chi connectivity index (χ0v) is 10.9. The molecule has 106 valence electrons. The summed E-state index contributed by atoms with van der Waals surface area (Å²) in [6.07, 6.45) is 3.13. The highest BCUT2D eigenvalue weighted by atomic mass is 19.1. The van der Waals surface area contributed by atoms with E-state index in [2.05, 4.69) is 15.4 Å². The number of benzene rings is 2. The summed E-state index contributed by atoms with van der Waals surface area (Å²) in [5, 5.41) is 0. The number of nitrogens with two attached hydrogens (primary N) is 1. The molecule has 6 heteroatoms. The lowest BCUT2D eigenvalue weighted by molar-refractivity contribution is 0.542. The third-order valence-corrected chi connectivity index (χ3v) is 3.28. The Hall–Kier alpha value is -2.44. The van der Waals surface area contributed by atoms with Gasteiger partial charge in [-0.05, 0) is 12.1 Å². The normalized spacial score (nSPS) is 12.5. The first-order chi connectivity index (χ1) is 10.2. The fraction of sp³-hybridized carbons (Fsp3) is 0.0667. The van der Waals surface area contributed by atoms with Crippen LogP contribution in [0.3, 0.4) is 0 Å². The number of fused-ring (bicyclic) bond motifs is 1. The summed E-state index contributed by atoms with van der Waals surface area (Å²) in [6, 6.07) is 8.12. The van der Waals surface area contributed by atoms with E-state index < -0.39 is 17.7 Å². The maximum atomic E-state index is 14.0. The highest BCUT2D eigenvalue weighted by molar-refractivity contribution is 5.78. The molecule has 0 fully saturated rings. The third-order valence-electron chi connectivity index (χ3n) is 3.28. The number of rotatable bonds is 3. The minimum Gasteiger partial charge on any atom is -0.271 e. The van der Waals surface area contributed by atoms with Crippen molar-refractivity contribution < 1.29 is 8.78 Å². The van der Waals surface area contributed by atoms with Gasteiger partial charge in [-0.2, -0.15) is 0 Å².